The van der Waals surface area contributed by atoms with E-state index in [2.05, 4.69) is 21.2 Å². The van der Waals surface area contributed by atoms with Gasteiger partial charge in [0.2, 0.25) is 5.91 Å². The molecule has 1 aromatic carbocycles. The second-order valence-electron chi connectivity index (χ2n) is 3.56. The summed E-state index contributed by atoms with van der Waals surface area (Å²) in [5.74, 6) is -0.346. The van der Waals surface area contributed by atoms with Gasteiger partial charge in [-0.25, -0.2) is 4.39 Å². The van der Waals surface area contributed by atoms with Crippen LogP contribution in [0, 0.1) is 5.82 Å². The Morgan fingerprint density at radius 2 is 2.25 bits per heavy atom. The van der Waals surface area contributed by atoms with E-state index in [1.807, 2.05) is 18.0 Å². The second-order valence-corrected chi connectivity index (χ2v) is 4.35. The third-order valence-electron chi connectivity index (χ3n) is 2.16. The lowest BCUT2D eigenvalue weighted by molar-refractivity contribution is -0.121. The van der Waals surface area contributed by atoms with Crippen LogP contribution in [0.2, 0.25) is 0 Å². The van der Waals surface area contributed by atoms with Gasteiger partial charge in [-0.15, -0.1) is 0 Å². The number of hydrogen-bond acceptors (Lipinski definition) is 2. The molecule has 0 spiro atoms. The van der Waals surface area contributed by atoms with Crippen molar-refractivity contribution in [1.29, 1.82) is 0 Å². The van der Waals surface area contributed by atoms with Crippen molar-refractivity contribution in [3.8, 4) is 0 Å². The molecule has 0 aliphatic carbocycles. The summed E-state index contributed by atoms with van der Waals surface area (Å²) in [4.78, 5) is 12.9. The number of amides is 1. The minimum Gasteiger partial charge on any atom is -0.358 e. The highest BCUT2D eigenvalue weighted by Crippen LogP contribution is 2.21. The van der Waals surface area contributed by atoms with Crippen molar-refractivity contribution < 1.29 is 9.18 Å². The molecule has 0 radical (unpaired) electrons. The second kappa shape index (κ2) is 5.96. The first-order valence-electron chi connectivity index (χ1n) is 4.86. The van der Waals surface area contributed by atoms with Crippen LogP contribution < -0.4 is 5.32 Å². The van der Waals surface area contributed by atoms with Crippen LogP contribution in [0.5, 0.6) is 0 Å². The van der Waals surface area contributed by atoms with Gasteiger partial charge in [0.05, 0.1) is 11.0 Å². The largest absolute Gasteiger partial charge is 0.358 e. The predicted octanol–water partition coefficient (Wildman–Crippen LogP) is 1.77. The lowest BCUT2D eigenvalue weighted by atomic mass is 10.2. The third-order valence-corrected chi connectivity index (χ3v) is 3.05. The molecule has 1 amide bonds. The first kappa shape index (κ1) is 13.1. The van der Waals surface area contributed by atoms with Crippen molar-refractivity contribution in [2.75, 3.05) is 20.6 Å². The number of carbonyl (C=O) groups excluding carboxylic acids is 1. The molecule has 5 heteroatoms. The van der Waals surface area contributed by atoms with Crippen LogP contribution in [0.15, 0.2) is 22.7 Å². The summed E-state index contributed by atoms with van der Waals surface area (Å²) in [6, 6.07) is 4.88. The molecular formula is C11H14BrFN2O. The topological polar surface area (TPSA) is 32.3 Å². The zero-order chi connectivity index (χ0) is 12.1. The Morgan fingerprint density at radius 3 is 2.88 bits per heavy atom. The summed E-state index contributed by atoms with van der Waals surface area (Å²) in [7, 11) is 3.40. The average molecular weight is 289 g/mol. The summed E-state index contributed by atoms with van der Waals surface area (Å²) >= 11 is 3.19. The van der Waals surface area contributed by atoms with Gasteiger partial charge in [-0.05, 0) is 34.6 Å². The number of nitrogens with one attached hydrogen (secondary N) is 1. The van der Waals surface area contributed by atoms with E-state index in [-0.39, 0.29) is 11.7 Å². The molecule has 0 atom stereocenters. The van der Waals surface area contributed by atoms with Crippen molar-refractivity contribution in [1.82, 2.24) is 10.2 Å². The van der Waals surface area contributed by atoms with E-state index < -0.39 is 0 Å². The van der Waals surface area contributed by atoms with E-state index in [1.54, 1.807) is 13.1 Å². The van der Waals surface area contributed by atoms with Crippen LogP contribution in [-0.4, -0.2) is 31.4 Å². The molecule has 0 saturated carbocycles. The van der Waals surface area contributed by atoms with E-state index in [0.29, 0.717) is 17.6 Å². The maximum atomic E-state index is 13.2. The van der Waals surface area contributed by atoms with Crippen LogP contribution in [-0.2, 0) is 11.3 Å². The number of likely N-dealkylation sites (N-methyl/N-ethyl adjacent to an activating group) is 2. The molecule has 0 saturated heterocycles. The van der Waals surface area contributed by atoms with Gasteiger partial charge in [-0.3, -0.25) is 9.69 Å². The Bertz CT molecular complexity index is 384. The first-order chi connectivity index (χ1) is 7.54. The van der Waals surface area contributed by atoms with Gasteiger partial charge >= 0.3 is 0 Å². The van der Waals surface area contributed by atoms with Crippen molar-refractivity contribution in [2.24, 2.45) is 0 Å². The SMILES string of the molecule is CNC(=O)CN(C)Cc1cccc(F)c1Br. The maximum Gasteiger partial charge on any atom is 0.233 e. The number of carbonyl (C=O) groups is 1. The molecule has 0 unspecified atom stereocenters. The molecule has 3 nitrogen and oxygen atoms in total. The fourth-order valence-corrected chi connectivity index (χ4v) is 1.73. The van der Waals surface area contributed by atoms with Crippen molar-refractivity contribution in [3.63, 3.8) is 0 Å². The van der Waals surface area contributed by atoms with E-state index >= 15 is 0 Å². The van der Waals surface area contributed by atoms with Gasteiger partial charge in [-0.1, -0.05) is 12.1 Å². The molecule has 1 aromatic rings. The van der Waals surface area contributed by atoms with Crippen LogP contribution >= 0.6 is 15.9 Å². The Kier molecular flexibility index (Phi) is 4.89. The molecule has 0 bridgehead atoms. The van der Waals surface area contributed by atoms with Crippen molar-refractivity contribution in [3.05, 3.63) is 34.1 Å². The minimum atomic E-state index is -0.286. The standard InChI is InChI=1S/C11H14BrFN2O/c1-14-10(16)7-15(2)6-8-4-3-5-9(13)11(8)12/h3-5H,6-7H2,1-2H3,(H,14,16). The van der Waals surface area contributed by atoms with Crippen LogP contribution in [0.25, 0.3) is 0 Å². The van der Waals surface area contributed by atoms with Gasteiger partial charge in [0.1, 0.15) is 5.82 Å². The smallest absolute Gasteiger partial charge is 0.233 e. The zero-order valence-corrected chi connectivity index (χ0v) is 10.8. The monoisotopic (exact) mass is 288 g/mol. The lowest BCUT2D eigenvalue weighted by Gasteiger charge is -2.16. The van der Waals surface area contributed by atoms with Crippen LogP contribution in [0.3, 0.4) is 0 Å². The molecule has 0 aliphatic heterocycles. The summed E-state index contributed by atoms with van der Waals surface area (Å²) in [5, 5.41) is 2.54. The molecular weight excluding hydrogens is 275 g/mol. The highest BCUT2D eigenvalue weighted by Gasteiger charge is 2.09. The first-order valence-corrected chi connectivity index (χ1v) is 5.66. The van der Waals surface area contributed by atoms with Gasteiger partial charge in [0.25, 0.3) is 0 Å². The number of nitrogens with zero attached hydrogens (tertiary/aromatic N) is 1. The molecule has 0 heterocycles. The zero-order valence-electron chi connectivity index (χ0n) is 9.26. The van der Waals surface area contributed by atoms with Gasteiger partial charge in [-0.2, -0.15) is 0 Å². The minimum absolute atomic E-state index is 0.0602. The number of halogens is 2. The molecule has 0 aromatic heterocycles. The summed E-state index contributed by atoms with van der Waals surface area (Å²) in [6.45, 7) is 0.811. The molecule has 1 rings (SSSR count). The normalized spacial score (nSPS) is 10.6. The Morgan fingerprint density at radius 1 is 1.56 bits per heavy atom. The molecule has 1 N–H and O–H groups in total. The maximum absolute atomic E-state index is 13.2. The van der Waals surface area contributed by atoms with E-state index in [0.717, 1.165) is 5.56 Å². The third kappa shape index (κ3) is 3.57. The van der Waals surface area contributed by atoms with Crippen LogP contribution in [0.1, 0.15) is 5.56 Å². The molecule has 88 valence electrons. The number of hydrogen-bond donors (Lipinski definition) is 1. The molecule has 16 heavy (non-hydrogen) atoms. The van der Waals surface area contributed by atoms with Gasteiger partial charge in [0.15, 0.2) is 0 Å². The predicted molar refractivity (Wildman–Crippen MR) is 64.5 cm³/mol. The van der Waals surface area contributed by atoms with Crippen molar-refractivity contribution >= 4 is 21.8 Å². The molecule has 0 aliphatic rings. The Balaban J connectivity index is 2.66. The summed E-state index contributed by atoms with van der Waals surface area (Å²) in [5.41, 5.74) is 0.825. The highest BCUT2D eigenvalue weighted by atomic mass is 79.9. The molecule has 0 fully saturated rings. The van der Waals surface area contributed by atoms with E-state index in [9.17, 15) is 9.18 Å². The fourth-order valence-electron chi connectivity index (χ4n) is 1.34. The van der Waals surface area contributed by atoms with E-state index in [4.69, 9.17) is 0 Å². The Hall–Kier alpha value is -0.940. The van der Waals surface area contributed by atoms with Gasteiger partial charge in [0, 0.05) is 13.6 Å². The van der Waals surface area contributed by atoms with Crippen LogP contribution in [0.4, 0.5) is 4.39 Å². The van der Waals surface area contributed by atoms with E-state index in [1.165, 1.54) is 6.07 Å². The fraction of sp³-hybridized carbons (Fsp3) is 0.364. The summed E-state index contributed by atoms with van der Waals surface area (Å²) < 4.78 is 13.7. The van der Waals surface area contributed by atoms with Crippen molar-refractivity contribution in [2.45, 2.75) is 6.54 Å². The number of rotatable bonds is 4. The average Bonchev–Trinajstić information content (AvgIpc) is 2.24. The quantitative estimate of drug-likeness (QED) is 0.916. The number of benzene rings is 1. The van der Waals surface area contributed by atoms with Gasteiger partial charge < -0.3 is 5.32 Å². The lowest BCUT2D eigenvalue weighted by Crippen LogP contribution is -2.32. The summed E-state index contributed by atoms with van der Waals surface area (Å²) in [6.07, 6.45) is 0. The highest BCUT2D eigenvalue weighted by molar-refractivity contribution is 9.10. The Labute approximate surface area is 103 Å².